The van der Waals surface area contributed by atoms with Crippen molar-refractivity contribution in [3.05, 3.63) is 11.1 Å². The predicted molar refractivity (Wildman–Crippen MR) is 106 cm³/mol. The molecule has 4 heteroatoms. The van der Waals surface area contributed by atoms with E-state index in [-0.39, 0.29) is 23.9 Å². The van der Waals surface area contributed by atoms with Crippen LogP contribution in [0.15, 0.2) is 11.1 Å². The molecule has 1 aliphatic carbocycles. The van der Waals surface area contributed by atoms with Crippen LogP contribution in [-0.2, 0) is 4.74 Å². The summed E-state index contributed by atoms with van der Waals surface area (Å²) >= 11 is 0. The number of carbonyl (C=O) groups is 1. The van der Waals surface area contributed by atoms with Crippen molar-refractivity contribution in [2.24, 2.45) is 0 Å². The summed E-state index contributed by atoms with van der Waals surface area (Å²) in [7, 11) is -1.66. The molecule has 0 saturated carbocycles. The van der Waals surface area contributed by atoms with Crippen LogP contribution in [0.1, 0.15) is 73.1 Å². The van der Waals surface area contributed by atoms with E-state index in [9.17, 15) is 4.79 Å². The molecule has 1 amide bonds. The van der Waals surface area contributed by atoms with Crippen LogP contribution in [0.2, 0.25) is 19.6 Å². The molecule has 0 spiro atoms. The Bertz CT molecular complexity index is 441. The number of carbonyl (C=O) groups excluding carboxylic acids is 1. The third-order valence-corrected chi connectivity index (χ3v) is 6.98. The van der Waals surface area contributed by atoms with Crippen LogP contribution in [0.25, 0.3) is 0 Å². The number of amides is 1. The molecule has 3 nitrogen and oxygen atoms in total. The number of rotatable bonds is 5. The molecule has 140 valence electrons. The van der Waals surface area contributed by atoms with E-state index in [1.807, 2.05) is 4.90 Å². The number of nitrogens with zero attached hydrogens (tertiary/aromatic N) is 1. The van der Waals surface area contributed by atoms with Crippen LogP contribution in [0.4, 0.5) is 4.79 Å². The second kappa shape index (κ2) is 9.07. The summed E-state index contributed by atoms with van der Waals surface area (Å²) in [5.41, 5.74) is 2.90. The van der Waals surface area contributed by atoms with Gasteiger partial charge >= 0.3 is 6.09 Å². The predicted octanol–water partition coefficient (Wildman–Crippen LogP) is 6.16. The van der Waals surface area contributed by atoms with Gasteiger partial charge in [-0.1, -0.05) is 38.1 Å². The van der Waals surface area contributed by atoms with E-state index < -0.39 is 8.07 Å². The van der Waals surface area contributed by atoms with Gasteiger partial charge < -0.3 is 9.64 Å². The summed E-state index contributed by atoms with van der Waals surface area (Å²) in [5, 5.41) is 0. The Morgan fingerprint density at radius 2 is 1.46 bits per heavy atom. The maximum atomic E-state index is 12.9. The lowest BCUT2D eigenvalue weighted by Gasteiger charge is -2.37. The Kier molecular flexibility index (Phi) is 8.04. The van der Waals surface area contributed by atoms with Crippen LogP contribution < -0.4 is 0 Å². The van der Waals surface area contributed by atoms with Crippen molar-refractivity contribution in [3.63, 3.8) is 0 Å². The summed E-state index contributed by atoms with van der Waals surface area (Å²) in [6, 6.07) is 0.319. The van der Waals surface area contributed by atoms with Crippen LogP contribution in [0.5, 0.6) is 0 Å². The van der Waals surface area contributed by atoms with Crippen LogP contribution >= 0.6 is 0 Å². The molecule has 24 heavy (non-hydrogen) atoms. The monoisotopic (exact) mass is 353 g/mol. The Labute approximate surface area is 150 Å². The molecule has 0 aromatic carbocycles. The zero-order valence-electron chi connectivity index (χ0n) is 17.2. The molecule has 1 aliphatic rings. The molecule has 1 atom stereocenters. The van der Waals surface area contributed by atoms with E-state index in [1.165, 1.54) is 36.8 Å². The van der Waals surface area contributed by atoms with Gasteiger partial charge in [0.05, 0.1) is 8.07 Å². The third-order valence-electron chi connectivity index (χ3n) is 4.94. The number of allylic oxidation sites excluding steroid dienone is 1. The van der Waals surface area contributed by atoms with Gasteiger partial charge in [-0.3, -0.25) is 0 Å². The average Bonchev–Trinajstić information content (AvgIpc) is 2.39. The maximum Gasteiger partial charge on any atom is 0.410 e. The van der Waals surface area contributed by atoms with E-state index in [0.29, 0.717) is 0 Å². The minimum absolute atomic E-state index is 0.00287. The van der Waals surface area contributed by atoms with Crippen LogP contribution in [-0.4, -0.2) is 36.9 Å². The van der Waals surface area contributed by atoms with Crippen LogP contribution in [0, 0.1) is 0 Å². The first-order valence-corrected chi connectivity index (χ1v) is 13.3. The summed E-state index contributed by atoms with van der Waals surface area (Å²) < 4.78 is 6.20. The zero-order chi connectivity index (χ0) is 18.5. The van der Waals surface area contributed by atoms with E-state index >= 15 is 0 Å². The molecular formula is C20H39NO2Si. The minimum atomic E-state index is -1.66. The van der Waals surface area contributed by atoms with E-state index in [4.69, 9.17) is 4.74 Å². The third kappa shape index (κ3) is 5.94. The first kappa shape index (κ1) is 21.3. The Balaban J connectivity index is 3.09. The SMILES string of the molecule is C/C1=C(\[C@@H](OC(=O)N(C(C)C)C(C)C)[Si](C)(C)C)CCCCCC1. The largest absolute Gasteiger partial charge is 0.446 e. The first-order chi connectivity index (χ1) is 11.1. The topological polar surface area (TPSA) is 29.5 Å². The van der Waals surface area contributed by atoms with E-state index in [0.717, 1.165) is 12.8 Å². The molecule has 0 saturated heterocycles. The van der Waals surface area contributed by atoms with Gasteiger partial charge in [-0.15, -0.1) is 0 Å². The highest BCUT2D eigenvalue weighted by atomic mass is 28.3. The molecule has 0 bridgehead atoms. The molecular weight excluding hydrogens is 314 g/mol. The molecule has 0 aromatic heterocycles. The van der Waals surface area contributed by atoms with Gasteiger partial charge in [-0.05, 0) is 65.9 Å². The van der Waals surface area contributed by atoms with Crippen molar-refractivity contribution in [2.45, 2.75) is 111 Å². The standard InChI is InChI=1S/C20H39NO2Si/c1-15(2)21(16(3)4)20(22)23-19(24(6,7)8)18-14-12-10-9-11-13-17(18)5/h15-16,19H,9-14H2,1-8H3/b18-17+/t19-/m0/s1. The number of hydrogen-bond donors (Lipinski definition) is 0. The lowest BCUT2D eigenvalue weighted by molar-refractivity contribution is 0.0731. The molecule has 0 unspecified atom stereocenters. The van der Waals surface area contributed by atoms with Gasteiger partial charge in [0, 0.05) is 12.1 Å². The fraction of sp³-hybridized carbons (Fsp3) is 0.850. The lowest BCUT2D eigenvalue weighted by Crippen LogP contribution is -2.49. The quantitative estimate of drug-likeness (QED) is 0.437. The summed E-state index contributed by atoms with van der Waals surface area (Å²) in [6.45, 7) is 17.5. The highest BCUT2D eigenvalue weighted by molar-refractivity contribution is 6.78. The Morgan fingerprint density at radius 1 is 0.958 bits per heavy atom. The highest BCUT2D eigenvalue weighted by Crippen LogP contribution is 2.31. The number of ether oxygens (including phenoxy) is 1. The highest BCUT2D eigenvalue weighted by Gasteiger charge is 2.36. The van der Waals surface area contributed by atoms with Gasteiger partial charge in [0.1, 0.15) is 5.73 Å². The van der Waals surface area contributed by atoms with Gasteiger partial charge in [-0.2, -0.15) is 0 Å². The van der Waals surface area contributed by atoms with Crippen molar-refractivity contribution in [2.75, 3.05) is 0 Å². The fourth-order valence-electron chi connectivity index (χ4n) is 3.74. The second-order valence-corrected chi connectivity index (χ2v) is 14.2. The summed E-state index contributed by atoms with van der Waals surface area (Å²) in [6.07, 6.45) is 7.23. The van der Waals surface area contributed by atoms with Crippen molar-refractivity contribution in [3.8, 4) is 0 Å². The van der Waals surface area contributed by atoms with E-state index in [1.54, 1.807) is 0 Å². The molecule has 0 radical (unpaired) electrons. The normalized spacial score (nSPS) is 21.4. The maximum absolute atomic E-state index is 12.9. The van der Waals surface area contributed by atoms with Crippen molar-refractivity contribution in [1.29, 1.82) is 0 Å². The Hall–Kier alpha value is -0.773. The molecule has 0 aliphatic heterocycles. The zero-order valence-corrected chi connectivity index (χ0v) is 18.2. The van der Waals surface area contributed by atoms with Gasteiger partial charge in [0.15, 0.2) is 0 Å². The smallest absolute Gasteiger partial charge is 0.410 e. The lowest BCUT2D eigenvalue weighted by atomic mass is 9.94. The van der Waals surface area contributed by atoms with Crippen molar-refractivity contribution < 1.29 is 9.53 Å². The molecule has 0 aromatic rings. The summed E-state index contributed by atoms with van der Waals surface area (Å²) in [5.74, 6) is 0. The first-order valence-electron chi connectivity index (χ1n) is 9.73. The van der Waals surface area contributed by atoms with Crippen molar-refractivity contribution >= 4 is 14.2 Å². The molecule has 0 N–H and O–H groups in total. The molecule has 0 heterocycles. The minimum Gasteiger partial charge on any atom is -0.446 e. The van der Waals surface area contributed by atoms with Gasteiger partial charge in [0.2, 0.25) is 0 Å². The molecule has 0 fully saturated rings. The van der Waals surface area contributed by atoms with E-state index in [2.05, 4.69) is 54.3 Å². The summed E-state index contributed by atoms with van der Waals surface area (Å²) in [4.78, 5) is 14.8. The van der Waals surface area contributed by atoms with Crippen LogP contribution in [0.3, 0.4) is 0 Å². The Morgan fingerprint density at radius 3 is 1.92 bits per heavy atom. The second-order valence-electron chi connectivity index (χ2n) is 8.94. The number of hydrogen-bond acceptors (Lipinski definition) is 2. The molecule has 1 rings (SSSR count). The fourth-order valence-corrected chi connectivity index (χ4v) is 5.63. The van der Waals surface area contributed by atoms with Gasteiger partial charge in [0.25, 0.3) is 0 Å². The van der Waals surface area contributed by atoms with Gasteiger partial charge in [-0.25, -0.2) is 4.79 Å². The van der Waals surface area contributed by atoms with Crippen molar-refractivity contribution in [1.82, 2.24) is 4.90 Å². The average molecular weight is 354 g/mol.